The molecule has 1 heterocycles. The monoisotopic (exact) mass is 344 g/mol. The molecule has 0 saturated carbocycles. The molecule has 0 saturated heterocycles. The molecule has 2 aromatic rings. The highest BCUT2D eigenvalue weighted by Gasteiger charge is 2.14. The first kappa shape index (κ1) is 13.9. The van der Waals surface area contributed by atoms with E-state index >= 15 is 0 Å². The third-order valence-corrected chi connectivity index (χ3v) is 3.42. The van der Waals surface area contributed by atoms with Crippen molar-refractivity contribution in [1.29, 1.82) is 0 Å². The van der Waals surface area contributed by atoms with Gasteiger partial charge in [-0.05, 0) is 18.2 Å². The van der Waals surface area contributed by atoms with E-state index in [4.69, 9.17) is 14.3 Å². The molecule has 6 nitrogen and oxygen atoms in total. The Labute approximate surface area is 121 Å². The van der Waals surface area contributed by atoms with Gasteiger partial charge in [0.25, 0.3) is 11.1 Å². The normalized spacial score (nSPS) is 10.4. The lowest BCUT2D eigenvalue weighted by Gasteiger charge is -2.04. The van der Waals surface area contributed by atoms with Gasteiger partial charge in [-0.15, -0.1) is 10.2 Å². The molecule has 0 aliphatic carbocycles. The summed E-state index contributed by atoms with van der Waals surface area (Å²) >= 11 is 4.31. The van der Waals surface area contributed by atoms with Crippen molar-refractivity contribution in [1.82, 2.24) is 10.2 Å². The maximum absolute atomic E-state index is 10.5. The highest BCUT2D eigenvalue weighted by Crippen LogP contribution is 2.32. The number of nitrogens with zero attached hydrogens (tertiary/aromatic N) is 2. The Hall–Kier alpha value is -1.54. The number of halogens is 1. The molecule has 8 heteroatoms. The van der Waals surface area contributed by atoms with E-state index in [0.29, 0.717) is 11.3 Å². The van der Waals surface area contributed by atoms with E-state index in [-0.39, 0.29) is 16.9 Å². The highest BCUT2D eigenvalue weighted by molar-refractivity contribution is 9.10. The Kier molecular flexibility index (Phi) is 4.43. The van der Waals surface area contributed by atoms with Crippen LogP contribution in [0.4, 0.5) is 0 Å². The number of carbonyl (C=O) groups is 1. The quantitative estimate of drug-likeness (QED) is 0.834. The molecule has 0 aliphatic rings. The Balaban J connectivity index is 2.25. The molecular formula is C11H9BrN2O4S. The summed E-state index contributed by atoms with van der Waals surface area (Å²) in [6.07, 6.45) is 0. The fraction of sp³-hybridized carbons (Fsp3) is 0.182. The van der Waals surface area contributed by atoms with Crippen molar-refractivity contribution in [2.45, 2.75) is 5.22 Å². The number of benzene rings is 1. The van der Waals surface area contributed by atoms with Crippen molar-refractivity contribution in [3.63, 3.8) is 0 Å². The van der Waals surface area contributed by atoms with Crippen LogP contribution in [0.2, 0.25) is 0 Å². The number of hydrogen-bond acceptors (Lipinski definition) is 6. The van der Waals surface area contributed by atoms with Crippen LogP contribution in [-0.4, -0.2) is 34.1 Å². The summed E-state index contributed by atoms with van der Waals surface area (Å²) in [7, 11) is 1.54. The van der Waals surface area contributed by atoms with Crippen LogP contribution in [-0.2, 0) is 4.79 Å². The van der Waals surface area contributed by atoms with Crippen molar-refractivity contribution in [3.05, 3.63) is 22.7 Å². The summed E-state index contributed by atoms with van der Waals surface area (Å²) in [5.41, 5.74) is 0.653. The van der Waals surface area contributed by atoms with Crippen molar-refractivity contribution in [3.8, 4) is 17.2 Å². The Morgan fingerprint density at radius 2 is 2.32 bits per heavy atom. The van der Waals surface area contributed by atoms with Crippen LogP contribution in [0.5, 0.6) is 5.75 Å². The number of thioether (sulfide) groups is 1. The number of hydrogen-bond donors (Lipinski definition) is 1. The molecule has 1 aromatic carbocycles. The topological polar surface area (TPSA) is 85.5 Å². The third-order valence-electron chi connectivity index (χ3n) is 2.12. The Morgan fingerprint density at radius 3 is 3.00 bits per heavy atom. The molecule has 0 radical (unpaired) electrons. The van der Waals surface area contributed by atoms with Crippen LogP contribution >= 0.6 is 27.7 Å². The first-order valence-corrected chi connectivity index (χ1v) is 6.90. The molecule has 1 aromatic heterocycles. The summed E-state index contributed by atoms with van der Waals surface area (Å²) in [5, 5.41) is 16.4. The molecule has 2 rings (SSSR count). The maximum atomic E-state index is 10.5. The first-order chi connectivity index (χ1) is 9.10. The zero-order valence-electron chi connectivity index (χ0n) is 9.79. The SMILES string of the molecule is COc1cc(Br)ccc1-c1nnc(SCC(=O)O)o1. The molecule has 0 aliphatic heterocycles. The van der Waals surface area contributed by atoms with Crippen LogP contribution in [0.25, 0.3) is 11.5 Å². The second kappa shape index (κ2) is 6.07. The largest absolute Gasteiger partial charge is 0.496 e. The van der Waals surface area contributed by atoms with E-state index in [1.165, 1.54) is 0 Å². The van der Waals surface area contributed by atoms with Gasteiger partial charge in [0, 0.05) is 4.47 Å². The van der Waals surface area contributed by atoms with Gasteiger partial charge in [0.05, 0.1) is 12.7 Å². The predicted molar refractivity (Wildman–Crippen MR) is 72.3 cm³/mol. The Bertz CT molecular complexity index is 602. The fourth-order valence-corrected chi connectivity index (χ4v) is 2.17. The van der Waals surface area contributed by atoms with Gasteiger partial charge in [-0.1, -0.05) is 27.7 Å². The lowest BCUT2D eigenvalue weighted by molar-refractivity contribution is -0.133. The van der Waals surface area contributed by atoms with E-state index in [1.807, 2.05) is 6.07 Å². The van der Waals surface area contributed by atoms with Gasteiger partial charge in [0.2, 0.25) is 0 Å². The van der Waals surface area contributed by atoms with Gasteiger partial charge >= 0.3 is 5.97 Å². The molecule has 0 spiro atoms. The number of methoxy groups -OCH3 is 1. The van der Waals surface area contributed by atoms with Crippen molar-refractivity contribution in [2.24, 2.45) is 0 Å². The van der Waals surface area contributed by atoms with E-state index in [1.54, 1.807) is 19.2 Å². The minimum atomic E-state index is -0.939. The number of ether oxygens (including phenoxy) is 1. The number of rotatable bonds is 5. The molecule has 19 heavy (non-hydrogen) atoms. The summed E-state index contributed by atoms with van der Waals surface area (Å²) in [4.78, 5) is 10.5. The van der Waals surface area contributed by atoms with Gasteiger partial charge in [-0.3, -0.25) is 4.79 Å². The Morgan fingerprint density at radius 1 is 1.53 bits per heavy atom. The number of carboxylic acid groups (broad SMARTS) is 1. The number of aromatic nitrogens is 2. The second-order valence-electron chi connectivity index (χ2n) is 3.40. The molecule has 0 bridgehead atoms. The van der Waals surface area contributed by atoms with E-state index in [2.05, 4.69) is 26.1 Å². The van der Waals surface area contributed by atoms with Crippen LogP contribution in [0.1, 0.15) is 0 Å². The van der Waals surface area contributed by atoms with Crippen molar-refractivity contribution in [2.75, 3.05) is 12.9 Å². The van der Waals surface area contributed by atoms with Gasteiger partial charge in [-0.2, -0.15) is 0 Å². The fourth-order valence-electron chi connectivity index (χ4n) is 1.34. The van der Waals surface area contributed by atoms with Crippen LogP contribution in [0.15, 0.2) is 32.3 Å². The van der Waals surface area contributed by atoms with E-state index in [0.717, 1.165) is 16.2 Å². The average Bonchev–Trinajstić information content (AvgIpc) is 2.84. The highest BCUT2D eigenvalue weighted by atomic mass is 79.9. The second-order valence-corrected chi connectivity index (χ2v) is 5.24. The van der Waals surface area contributed by atoms with Crippen molar-refractivity contribution < 1.29 is 19.1 Å². The van der Waals surface area contributed by atoms with Gasteiger partial charge in [0.15, 0.2) is 0 Å². The average molecular weight is 345 g/mol. The lowest BCUT2D eigenvalue weighted by atomic mass is 10.2. The third kappa shape index (κ3) is 3.48. The molecule has 0 amide bonds. The van der Waals surface area contributed by atoms with E-state index < -0.39 is 5.97 Å². The van der Waals surface area contributed by atoms with E-state index in [9.17, 15) is 4.79 Å². The molecule has 1 N–H and O–H groups in total. The summed E-state index contributed by atoms with van der Waals surface area (Å²) in [6, 6.07) is 5.39. The zero-order chi connectivity index (χ0) is 13.8. The minimum absolute atomic E-state index is 0.126. The molecular weight excluding hydrogens is 336 g/mol. The smallest absolute Gasteiger partial charge is 0.314 e. The summed E-state index contributed by atoms with van der Waals surface area (Å²) in [6.45, 7) is 0. The van der Waals surface area contributed by atoms with Crippen LogP contribution in [0.3, 0.4) is 0 Å². The van der Waals surface area contributed by atoms with Gasteiger partial charge in [-0.25, -0.2) is 0 Å². The number of aliphatic carboxylic acids is 1. The minimum Gasteiger partial charge on any atom is -0.496 e. The summed E-state index contributed by atoms with van der Waals surface area (Å²) in [5.74, 6) is -0.185. The molecule has 0 fully saturated rings. The van der Waals surface area contributed by atoms with Gasteiger partial charge in [0.1, 0.15) is 11.5 Å². The lowest BCUT2D eigenvalue weighted by Crippen LogP contribution is -1.97. The van der Waals surface area contributed by atoms with Crippen LogP contribution < -0.4 is 4.74 Å². The number of carboxylic acids is 1. The molecule has 0 atom stereocenters. The first-order valence-electron chi connectivity index (χ1n) is 5.12. The molecule has 100 valence electrons. The van der Waals surface area contributed by atoms with Crippen molar-refractivity contribution >= 4 is 33.7 Å². The standard InChI is InChI=1S/C11H9BrN2O4S/c1-17-8-4-6(12)2-3-7(8)10-13-14-11(18-10)19-5-9(15)16/h2-4H,5H2,1H3,(H,15,16). The zero-order valence-corrected chi connectivity index (χ0v) is 12.2. The maximum Gasteiger partial charge on any atom is 0.314 e. The van der Waals surface area contributed by atoms with Gasteiger partial charge < -0.3 is 14.3 Å². The predicted octanol–water partition coefficient (Wildman–Crippen LogP) is 2.68. The summed E-state index contributed by atoms with van der Waals surface area (Å²) < 4.78 is 11.5. The molecule has 0 unspecified atom stereocenters. The van der Waals surface area contributed by atoms with Crippen LogP contribution in [0, 0.1) is 0 Å².